The second-order valence-electron chi connectivity index (χ2n) is 9.39. The molecule has 32 heavy (non-hydrogen) atoms. The molecule has 1 fully saturated rings. The summed E-state index contributed by atoms with van der Waals surface area (Å²) < 4.78 is 17.0. The normalized spacial score (nSPS) is 34.0. The summed E-state index contributed by atoms with van der Waals surface area (Å²) >= 11 is 0. The number of aliphatic hydroxyl groups is 1. The number of phenols is 1. The third kappa shape index (κ3) is 2.61. The monoisotopic (exact) mass is 444 g/mol. The fourth-order valence-electron chi connectivity index (χ4n) is 5.97. The van der Waals surface area contributed by atoms with Gasteiger partial charge in [0.05, 0.1) is 11.0 Å². The van der Waals surface area contributed by atoms with Crippen LogP contribution in [0.5, 0.6) is 11.5 Å². The average molecular weight is 444 g/mol. The highest BCUT2D eigenvalue weighted by atomic mass is 16.6. The van der Waals surface area contributed by atoms with Crippen molar-refractivity contribution in [2.24, 2.45) is 5.73 Å². The van der Waals surface area contributed by atoms with Gasteiger partial charge in [-0.3, -0.25) is 4.79 Å². The Balaban J connectivity index is 1.53. The summed E-state index contributed by atoms with van der Waals surface area (Å²) in [7, 11) is 2.00. The summed E-state index contributed by atoms with van der Waals surface area (Å²) in [5.74, 6) is -0.859. The van der Waals surface area contributed by atoms with Crippen molar-refractivity contribution in [3.63, 3.8) is 0 Å². The lowest BCUT2D eigenvalue weighted by Gasteiger charge is -2.61. The molecule has 2 aliphatic heterocycles. The quantitative estimate of drug-likeness (QED) is 0.568. The molecule has 4 aliphatic rings. The smallest absolute Gasteiger partial charge is 0.352 e. The summed E-state index contributed by atoms with van der Waals surface area (Å²) in [6, 6.07) is 2.49. The Labute approximate surface area is 185 Å². The van der Waals surface area contributed by atoms with Gasteiger partial charge in [0, 0.05) is 18.0 Å². The van der Waals surface area contributed by atoms with Gasteiger partial charge in [0.15, 0.2) is 23.7 Å². The lowest BCUT2D eigenvalue weighted by Crippen LogP contribution is -2.74. The van der Waals surface area contributed by atoms with Crippen LogP contribution >= 0.6 is 0 Å². The van der Waals surface area contributed by atoms with Crippen molar-refractivity contribution in [3.05, 3.63) is 35.1 Å². The van der Waals surface area contributed by atoms with E-state index in [0.717, 1.165) is 17.7 Å². The largest absolute Gasteiger partial charge is 0.504 e. The Morgan fingerprint density at radius 2 is 2.06 bits per heavy atom. The van der Waals surface area contributed by atoms with Crippen molar-refractivity contribution in [1.82, 2.24) is 4.90 Å². The number of likely N-dealkylation sites (tertiary alicyclic amines) is 1. The topological polar surface area (TPSA) is 132 Å². The molecule has 0 aromatic heterocycles. The van der Waals surface area contributed by atoms with Crippen LogP contribution in [0.25, 0.3) is 0 Å². The summed E-state index contributed by atoms with van der Waals surface area (Å²) in [5.41, 5.74) is 5.35. The summed E-state index contributed by atoms with van der Waals surface area (Å²) in [4.78, 5) is 26.6. The molecule has 6 atom stereocenters. The second kappa shape index (κ2) is 6.94. The number of phenolic OH excluding ortho intramolecular Hbond substituents is 1. The molecule has 2 aliphatic carbocycles. The molecule has 4 N–H and O–H groups in total. The molecule has 1 aromatic rings. The first kappa shape index (κ1) is 21.2. The minimum Gasteiger partial charge on any atom is -0.504 e. The number of aromatic hydroxyl groups is 1. The van der Waals surface area contributed by atoms with E-state index in [9.17, 15) is 19.8 Å². The minimum absolute atomic E-state index is 0.00263. The van der Waals surface area contributed by atoms with Crippen LogP contribution in [0.3, 0.4) is 0 Å². The molecule has 9 heteroatoms. The molecule has 1 saturated heterocycles. The fraction of sp³-hybridized carbons (Fsp3) is 0.565. The molecular weight excluding hydrogens is 416 g/mol. The number of hydrogen-bond acceptors (Lipinski definition) is 9. The van der Waals surface area contributed by atoms with Gasteiger partial charge in [0.25, 0.3) is 0 Å². The van der Waals surface area contributed by atoms with Gasteiger partial charge in [-0.15, -0.1) is 0 Å². The molecule has 9 nitrogen and oxygen atoms in total. The molecule has 2 bridgehead atoms. The first-order chi connectivity index (χ1) is 15.1. The number of carbonyl (C=O) groups is 2. The molecular formula is C23H28N2O7. The fourth-order valence-corrected chi connectivity index (χ4v) is 5.97. The Kier molecular flexibility index (Phi) is 4.60. The highest BCUT2D eigenvalue weighted by Gasteiger charge is 2.72. The lowest BCUT2D eigenvalue weighted by molar-refractivity contribution is -0.175. The number of hydrogen-bond donors (Lipinski definition) is 3. The van der Waals surface area contributed by atoms with Gasteiger partial charge in [0.1, 0.15) is 11.8 Å². The van der Waals surface area contributed by atoms with Crippen LogP contribution in [0.15, 0.2) is 24.0 Å². The number of esters is 2. The molecule has 5 rings (SSSR count). The minimum atomic E-state index is -1.16. The Morgan fingerprint density at radius 1 is 1.31 bits per heavy atom. The van der Waals surface area contributed by atoms with E-state index in [0.29, 0.717) is 18.6 Å². The zero-order chi connectivity index (χ0) is 23.0. The summed E-state index contributed by atoms with van der Waals surface area (Å²) in [5, 5.41) is 22.6. The molecule has 0 amide bonds. The zero-order valence-electron chi connectivity index (χ0n) is 18.3. The number of ether oxygens (including phenoxy) is 3. The van der Waals surface area contributed by atoms with Crippen LogP contribution in [0.1, 0.15) is 37.8 Å². The maximum absolute atomic E-state index is 12.7. The highest BCUT2D eigenvalue weighted by molar-refractivity contribution is 5.82. The summed E-state index contributed by atoms with van der Waals surface area (Å²) in [6.45, 7) is 3.61. The van der Waals surface area contributed by atoms with E-state index in [1.54, 1.807) is 12.1 Å². The molecule has 1 aromatic carbocycles. The SMILES string of the molecule is C[C@H](N)C(=O)O[C@@H](C)C(=O)OC1=CC[C@@]2(O)[C@H]3Cc4ccc(O)c5c4C2(CCN3C)C1O5. The Hall–Kier alpha value is -2.62. The average Bonchev–Trinajstić information content (AvgIpc) is 3.10. The van der Waals surface area contributed by atoms with Gasteiger partial charge in [-0.1, -0.05) is 6.07 Å². The van der Waals surface area contributed by atoms with Gasteiger partial charge in [-0.25, -0.2) is 4.79 Å². The molecule has 1 spiro atoms. The number of nitrogens with two attached hydrogens (primary N) is 1. The van der Waals surface area contributed by atoms with E-state index in [1.807, 2.05) is 13.1 Å². The van der Waals surface area contributed by atoms with Crippen molar-refractivity contribution in [2.45, 2.75) is 68.4 Å². The van der Waals surface area contributed by atoms with Crippen molar-refractivity contribution < 1.29 is 34.0 Å². The lowest BCUT2D eigenvalue weighted by atomic mass is 9.50. The van der Waals surface area contributed by atoms with Crippen LogP contribution in [0.4, 0.5) is 0 Å². The van der Waals surface area contributed by atoms with Gasteiger partial charge in [-0.05, 0) is 58.0 Å². The number of carbonyl (C=O) groups excluding carboxylic acids is 2. The standard InChI is InChI=1S/C23H28N2O7/c1-11(24)20(27)30-12(2)21(28)31-15-6-7-23(29)16-10-13-4-5-14(26)18-17(13)22(23,19(15)32-18)8-9-25(16)3/h4-6,11-12,16,19,26,29H,7-10,24H2,1-3H3/t11-,12-,16+,19?,22?,23+/m0/s1. The van der Waals surface area contributed by atoms with Crippen LogP contribution in [0.2, 0.25) is 0 Å². The van der Waals surface area contributed by atoms with Gasteiger partial charge < -0.3 is 35.1 Å². The van der Waals surface area contributed by atoms with E-state index in [-0.39, 0.29) is 24.0 Å². The first-order valence-electron chi connectivity index (χ1n) is 10.9. The van der Waals surface area contributed by atoms with Gasteiger partial charge in [-0.2, -0.15) is 0 Å². The highest BCUT2D eigenvalue weighted by Crippen LogP contribution is 2.65. The van der Waals surface area contributed by atoms with E-state index in [1.165, 1.54) is 13.8 Å². The Morgan fingerprint density at radius 3 is 2.78 bits per heavy atom. The van der Waals surface area contributed by atoms with E-state index in [4.69, 9.17) is 19.9 Å². The van der Waals surface area contributed by atoms with E-state index in [2.05, 4.69) is 4.90 Å². The number of nitrogens with zero attached hydrogens (tertiary/aromatic N) is 1. The zero-order valence-corrected chi connectivity index (χ0v) is 18.3. The number of rotatable bonds is 4. The molecule has 0 saturated carbocycles. The molecule has 0 radical (unpaired) electrons. The van der Waals surface area contributed by atoms with Crippen LogP contribution in [0, 0.1) is 0 Å². The van der Waals surface area contributed by atoms with Crippen LogP contribution in [-0.4, -0.2) is 70.5 Å². The molecule has 2 unspecified atom stereocenters. The van der Waals surface area contributed by atoms with Crippen molar-refractivity contribution in [3.8, 4) is 11.5 Å². The Bertz CT molecular complexity index is 1040. The number of piperidine rings is 1. The number of benzene rings is 1. The van der Waals surface area contributed by atoms with Crippen LogP contribution in [-0.2, 0) is 30.9 Å². The third-order valence-corrected chi connectivity index (χ3v) is 7.57. The maximum atomic E-state index is 12.7. The van der Waals surface area contributed by atoms with Gasteiger partial charge >= 0.3 is 11.9 Å². The van der Waals surface area contributed by atoms with Crippen molar-refractivity contribution in [1.29, 1.82) is 0 Å². The number of likely N-dealkylation sites (N-methyl/N-ethyl adjacent to an activating group) is 1. The van der Waals surface area contributed by atoms with Gasteiger partial charge in [0.2, 0.25) is 0 Å². The summed E-state index contributed by atoms with van der Waals surface area (Å²) in [6.07, 6.45) is 1.24. The second-order valence-corrected chi connectivity index (χ2v) is 9.39. The van der Waals surface area contributed by atoms with Crippen LogP contribution < -0.4 is 10.5 Å². The van der Waals surface area contributed by atoms with Crippen molar-refractivity contribution in [2.75, 3.05) is 13.6 Å². The van der Waals surface area contributed by atoms with Crippen molar-refractivity contribution >= 4 is 11.9 Å². The third-order valence-electron chi connectivity index (χ3n) is 7.57. The molecule has 2 heterocycles. The maximum Gasteiger partial charge on any atom is 0.352 e. The first-order valence-corrected chi connectivity index (χ1v) is 10.9. The predicted molar refractivity (Wildman–Crippen MR) is 112 cm³/mol. The predicted octanol–water partition coefficient (Wildman–Crippen LogP) is 0.492. The van der Waals surface area contributed by atoms with E-state index < -0.39 is 41.2 Å². The van der Waals surface area contributed by atoms with E-state index >= 15 is 0 Å². The molecule has 172 valence electrons.